The first kappa shape index (κ1) is 17.5. The lowest BCUT2D eigenvalue weighted by Crippen LogP contribution is -2.31. The van der Waals surface area contributed by atoms with Crippen LogP contribution in [-0.4, -0.2) is 30.1 Å². The summed E-state index contributed by atoms with van der Waals surface area (Å²) >= 11 is 0. The lowest BCUT2D eigenvalue weighted by Gasteiger charge is -2.08. The molecule has 1 amide bonds. The molecule has 0 fully saturated rings. The molecule has 0 aliphatic carbocycles. The lowest BCUT2D eigenvalue weighted by molar-refractivity contribution is -0.124. The molecule has 126 valence electrons. The maximum atomic E-state index is 11.9. The van der Waals surface area contributed by atoms with E-state index in [-0.39, 0.29) is 18.3 Å². The molecule has 0 aromatic heterocycles. The topological polar surface area (TPSA) is 75.6 Å². The van der Waals surface area contributed by atoms with Crippen LogP contribution in [0.2, 0.25) is 0 Å². The van der Waals surface area contributed by atoms with Gasteiger partial charge in [0.1, 0.15) is 5.75 Å². The minimum atomic E-state index is -0.535. The van der Waals surface area contributed by atoms with Crippen molar-refractivity contribution >= 4 is 11.9 Å². The zero-order chi connectivity index (χ0) is 17.5. The summed E-state index contributed by atoms with van der Waals surface area (Å²) in [4.78, 5) is 23.5. The van der Waals surface area contributed by atoms with Crippen molar-refractivity contribution in [1.82, 2.24) is 5.32 Å². The van der Waals surface area contributed by atoms with Gasteiger partial charge in [-0.25, -0.2) is 4.79 Å². The number of phenols is 1. The van der Waals surface area contributed by atoms with Gasteiger partial charge in [-0.15, -0.1) is 0 Å². The molecule has 5 heteroatoms. The van der Waals surface area contributed by atoms with E-state index in [1.807, 2.05) is 13.8 Å². The molecule has 0 unspecified atom stereocenters. The molecule has 0 atom stereocenters. The van der Waals surface area contributed by atoms with Crippen molar-refractivity contribution in [1.29, 1.82) is 0 Å². The van der Waals surface area contributed by atoms with E-state index in [1.54, 1.807) is 48.5 Å². The first-order valence-electron chi connectivity index (χ1n) is 7.79. The van der Waals surface area contributed by atoms with E-state index in [9.17, 15) is 14.7 Å². The third kappa shape index (κ3) is 5.12. The molecule has 2 N–H and O–H groups in total. The first-order chi connectivity index (χ1) is 11.5. The number of esters is 1. The Balaban J connectivity index is 1.91. The van der Waals surface area contributed by atoms with Gasteiger partial charge in [-0.2, -0.15) is 0 Å². The smallest absolute Gasteiger partial charge is 0.338 e. The Labute approximate surface area is 141 Å². The monoisotopic (exact) mass is 327 g/mol. The molecule has 2 rings (SSSR count). The highest BCUT2D eigenvalue weighted by atomic mass is 16.5. The quantitative estimate of drug-likeness (QED) is 0.800. The number of amides is 1. The van der Waals surface area contributed by atoms with Crippen LogP contribution < -0.4 is 5.32 Å². The summed E-state index contributed by atoms with van der Waals surface area (Å²) in [5.41, 5.74) is 2.23. The third-order valence-corrected chi connectivity index (χ3v) is 3.36. The van der Waals surface area contributed by atoms with Crippen molar-refractivity contribution in [2.24, 2.45) is 5.92 Å². The lowest BCUT2D eigenvalue weighted by atomic mass is 10.0. The number of rotatable bonds is 6. The molecule has 0 heterocycles. The molecule has 0 aliphatic heterocycles. The van der Waals surface area contributed by atoms with Crippen LogP contribution in [-0.2, 0) is 9.53 Å². The summed E-state index contributed by atoms with van der Waals surface area (Å²) in [7, 11) is 0. The number of carbonyl (C=O) groups excluding carboxylic acids is 2. The van der Waals surface area contributed by atoms with Gasteiger partial charge >= 0.3 is 5.97 Å². The Morgan fingerprint density at radius 3 is 2.08 bits per heavy atom. The molecule has 0 saturated carbocycles. The van der Waals surface area contributed by atoms with Gasteiger partial charge in [-0.05, 0) is 41.3 Å². The summed E-state index contributed by atoms with van der Waals surface area (Å²) < 4.78 is 5.00. The fourth-order valence-corrected chi connectivity index (χ4v) is 2.04. The van der Waals surface area contributed by atoms with E-state index < -0.39 is 5.97 Å². The average Bonchev–Trinajstić information content (AvgIpc) is 2.58. The fraction of sp³-hybridized carbons (Fsp3) is 0.263. The molecule has 0 saturated heterocycles. The molecule has 0 aliphatic rings. The summed E-state index contributed by atoms with van der Waals surface area (Å²) in [6.45, 7) is 4.24. The SMILES string of the molecule is CC(C)CNC(=O)COC(=O)c1ccc(-c2ccc(O)cc2)cc1. The van der Waals surface area contributed by atoms with Crippen molar-refractivity contribution in [3.05, 3.63) is 54.1 Å². The van der Waals surface area contributed by atoms with Crippen LogP contribution in [0.25, 0.3) is 11.1 Å². The van der Waals surface area contributed by atoms with Crippen molar-refractivity contribution in [3.63, 3.8) is 0 Å². The summed E-state index contributed by atoms with van der Waals surface area (Å²) in [6.07, 6.45) is 0. The van der Waals surface area contributed by atoms with Crippen LogP contribution >= 0.6 is 0 Å². The molecular formula is C19H21NO4. The van der Waals surface area contributed by atoms with Gasteiger partial charge in [0.15, 0.2) is 6.61 Å². The highest BCUT2D eigenvalue weighted by Crippen LogP contribution is 2.22. The van der Waals surface area contributed by atoms with Gasteiger partial charge in [0, 0.05) is 6.54 Å². The number of hydrogen-bond acceptors (Lipinski definition) is 4. The number of benzene rings is 2. The third-order valence-electron chi connectivity index (χ3n) is 3.36. The van der Waals surface area contributed by atoms with Gasteiger partial charge in [0.05, 0.1) is 5.56 Å². The highest BCUT2D eigenvalue weighted by molar-refractivity contribution is 5.91. The Morgan fingerprint density at radius 2 is 1.54 bits per heavy atom. The number of ether oxygens (including phenoxy) is 1. The van der Waals surface area contributed by atoms with Gasteiger partial charge in [-0.1, -0.05) is 38.1 Å². The Bertz CT molecular complexity index is 690. The van der Waals surface area contributed by atoms with E-state index in [0.717, 1.165) is 11.1 Å². The van der Waals surface area contributed by atoms with Crippen LogP contribution in [0.1, 0.15) is 24.2 Å². The van der Waals surface area contributed by atoms with Gasteiger partial charge in [-0.3, -0.25) is 4.79 Å². The number of phenolic OH excluding ortho intramolecular Hbond substituents is 1. The molecule has 2 aromatic rings. The Hall–Kier alpha value is -2.82. The number of carbonyl (C=O) groups is 2. The van der Waals surface area contributed by atoms with Crippen LogP contribution in [0.15, 0.2) is 48.5 Å². The fourth-order valence-electron chi connectivity index (χ4n) is 2.04. The van der Waals surface area contributed by atoms with Gasteiger partial charge < -0.3 is 15.2 Å². The zero-order valence-corrected chi connectivity index (χ0v) is 13.8. The Morgan fingerprint density at radius 1 is 1.00 bits per heavy atom. The predicted octanol–water partition coefficient (Wildman–Crippen LogP) is 2.99. The molecule has 0 radical (unpaired) electrons. The molecular weight excluding hydrogens is 306 g/mol. The average molecular weight is 327 g/mol. The molecule has 2 aromatic carbocycles. The number of aromatic hydroxyl groups is 1. The minimum Gasteiger partial charge on any atom is -0.508 e. The second kappa shape index (κ2) is 8.15. The predicted molar refractivity (Wildman–Crippen MR) is 91.7 cm³/mol. The minimum absolute atomic E-state index is 0.203. The van der Waals surface area contributed by atoms with Crippen LogP contribution in [0.5, 0.6) is 5.75 Å². The van der Waals surface area contributed by atoms with Gasteiger partial charge in [0.25, 0.3) is 5.91 Å². The second-order valence-corrected chi connectivity index (χ2v) is 5.90. The van der Waals surface area contributed by atoms with Crippen LogP contribution in [0, 0.1) is 5.92 Å². The summed E-state index contributed by atoms with van der Waals surface area (Å²) in [5, 5.41) is 12.0. The molecule has 5 nitrogen and oxygen atoms in total. The normalized spacial score (nSPS) is 10.5. The van der Waals surface area contributed by atoms with E-state index in [2.05, 4.69) is 5.32 Å². The summed E-state index contributed by atoms with van der Waals surface area (Å²) in [6, 6.07) is 13.7. The summed E-state index contributed by atoms with van der Waals surface area (Å²) in [5.74, 6) is -0.295. The largest absolute Gasteiger partial charge is 0.508 e. The second-order valence-electron chi connectivity index (χ2n) is 5.90. The zero-order valence-electron chi connectivity index (χ0n) is 13.8. The highest BCUT2D eigenvalue weighted by Gasteiger charge is 2.10. The number of hydrogen-bond donors (Lipinski definition) is 2. The van der Waals surface area contributed by atoms with Crippen molar-refractivity contribution in [2.45, 2.75) is 13.8 Å². The molecule has 0 bridgehead atoms. The van der Waals surface area contributed by atoms with Crippen molar-refractivity contribution in [2.75, 3.05) is 13.2 Å². The van der Waals surface area contributed by atoms with Gasteiger partial charge in [0.2, 0.25) is 0 Å². The van der Waals surface area contributed by atoms with E-state index in [1.165, 1.54) is 0 Å². The molecule has 24 heavy (non-hydrogen) atoms. The van der Waals surface area contributed by atoms with Crippen LogP contribution in [0.4, 0.5) is 0 Å². The first-order valence-corrected chi connectivity index (χ1v) is 7.79. The van der Waals surface area contributed by atoms with E-state index in [4.69, 9.17) is 4.74 Å². The van der Waals surface area contributed by atoms with E-state index in [0.29, 0.717) is 18.0 Å². The molecule has 0 spiro atoms. The Kier molecular flexibility index (Phi) is 5.95. The van der Waals surface area contributed by atoms with Crippen molar-refractivity contribution in [3.8, 4) is 16.9 Å². The maximum Gasteiger partial charge on any atom is 0.338 e. The number of nitrogens with one attached hydrogen (secondary N) is 1. The maximum absolute atomic E-state index is 11.9. The standard InChI is InChI=1S/C19H21NO4/c1-13(2)11-20-18(22)12-24-19(23)16-5-3-14(4-6-16)15-7-9-17(21)10-8-15/h3-10,13,21H,11-12H2,1-2H3,(H,20,22). The van der Waals surface area contributed by atoms with Crippen LogP contribution in [0.3, 0.4) is 0 Å². The van der Waals surface area contributed by atoms with E-state index >= 15 is 0 Å². The van der Waals surface area contributed by atoms with Crippen molar-refractivity contribution < 1.29 is 19.4 Å².